The molecule has 0 radical (unpaired) electrons. The molecule has 8 nitrogen and oxygen atoms in total. The lowest BCUT2D eigenvalue weighted by atomic mass is 9.93. The number of rotatable bonds is 8. The first-order valence-electron chi connectivity index (χ1n) is 10.4. The van der Waals surface area contributed by atoms with E-state index in [2.05, 4.69) is 0 Å². The highest BCUT2D eigenvalue weighted by Crippen LogP contribution is 2.40. The van der Waals surface area contributed by atoms with Crippen molar-refractivity contribution in [2.24, 2.45) is 0 Å². The minimum Gasteiger partial charge on any atom is -0.494 e. The number of anilines is 1. The van der Waals surface area contributed by atoms with Gasteiger partial charge in [-0.25, -0.2) is 4.39 Å². The topological polar surface area (TPSA) is 95.3 Å². The van der Waals surface area contributed by atoms with Gasteiger partial charge in [0.2, 0.25) is 0 Å². The number of nitrogens with zero attached hydrogens (tertiary/aromatic N) is 2. The highest BCUT2D eigenvalue weighted by molar-refractivity contribution is 6.06. The average Bonchev–Trinajstić information content (AvgIpc) is 3.06. The molecular formula is C24H30FN3O5. The maximum Gasteiger partial charge on any atom is 0.197 e. The molecule has 9 heteroatoms. The van der Waals surface area contributed by atoms with E-state index < -0.39 is 11.4 Å². The molecule has 178 valence electrons. The number of amidine groups is 1. The lowest BCUT2D eigenvalue weighted by Gasteiger charge is -2.27. The molecule has 1 heterocycles. The molecule has 2 aromatic rings. The van der Waals surface area contributed by atoms with Gasteiger partial charge in [-0.05, 0) is 37.6 Å². The largest absolute Gasteiger partial charge is 0.494 e. The monoisotopic (exact) mass is 459 g/mol. The molecule has 33 heavy (non-hydrogen) atoms. The van der Waals surface area contributed by atoms with Gasteiger partial charge in [-0.3, -0.25) is 10.2 Å². The average molecular weight is 460 g/mol. The zero-order chi connectivity index (χ0) is 24.7. The molecule has 0 bridgehead atoms. The Morgan fingerprint density at radius 2 is 1.79 bits per heavy atom. The number of carbonyl (C=O) groups excluding carboxylic acids is 1. The van der Waals surface area contributed by atoms with E-state index in [1.807, 2.05) is 14.1 Å². The first kappa shape index (κ1) is 24.3. The second kappa shape index (κ2) is 8.90. The van der Waals surface area contributed by atoms with Gasteiger partial charge in [0.15, 0.2) is 23.1 Å². The number of benzene rings is 2. The molecule has 1 aliphatic rings. The number of methoxy groups -OCH3 is 3. The molecule has 0 saturated heterocycles. The fraction of sp³-hybridized carbons (Fsp3) is 0.417. The fourth-order valence-corrected chi connectivity index (χ4v) is 4.00. The summed E-state index contributed by atoms with van der Waals surface area (Å²) in [4.78, 5) is 16.6. The van der Waals surface area contributed by atoms with Crippen LogP contribution in [0.5, 0.6) is 17.2 Å². The Hall–Kier alpha value is -3.33. The van der Waals surface area contributed by atoms with E-state index in [0.717, 1.165) is 0 Å². The Morgan fingerprint density at radius 3 is 2.30 bits per heavy atom. The summed E-state index contributed by atoms with van der Waals surface area (Å²) in [5, 5.41) is 19.1. The number of aliphatic hydroxyl groups is 1. The van der Waals surface area contributed by atoms with Crippen molar-refractivity contribution >= 4 is 17.3 Å². The second-order valence-electron chi connectivity index (χ2n) is 8.62. The number of hydrogen-bond acceptors (Lipinski definition) is 7. The van der Waals surface area contributed by atoms with Crippen molar-refractivity contribution in [2.75, 3.05) is 46.9 Å². The predicted molar refractivity (Wildman–Crippen MR) is 124 cm³/mol. The first-order valence-corrected chi connectivity index (χ1v) is 10.4. The smallest absolute Gasteiger partial charge is 0.197 e. The third-order valence-corrected chi connectivity index (χ3v) is 5.68. The summed E-state index contributed by atoms with van der Waals surface area (Å²) >= 11 is 0. The normalized spacial score (nSPS) is 13.1. The maximum atomic E-state index is 15.0. The van der Waals surface area contributed by atoms with E-state index in [1.54, 1.807) is 36.9 Å². The van der Waals surface area contributed by atoms with Crippen molar-refractivity contribution in [3.63, 3.8) is 0 Å². The van der Waals surface area contributed by atoms with Gasteiger partial charge < -0.3 is 29.1 Å². The molecule has 0 aliphatic carbocycles. The summed E-state index contributed by atoms with van der Waals surface area (Å²) < 4.78 is 30.8. The Balaban J connectivity index is 1.97. The lowest BCUT2D eigenvalue weighted by molar-refractivity contribution is 0.0756. The Kier molecular flexibility index (Phi) is 6.56. The van der Waals surface area contributed by atoms with Crippen LogP contribution in [0.1, 0.15) is 40.9 Å². The summed E-state index contributed by atoms with van der Waals surface area (Å²) in [5.74, 6) is -0.420. The van der Waals surface area contributed by atoms with E-state index in [4.69, 9.17) is 19.6 Å². The molecule has 0 unspecified atom stereocenters. The van der Waals surface area contributed by atoms with Crippen LogP contribution < -0.4 is 19.1 Å². The van der Waals surface area contributed by atoms with E-state index in [-0.39, 0.29) is 41.8 Å². The van der Waals surface area contributed by atoms with Crippen molar-refractivity contribution in [1.82, 2.24) is 4.90 Å². The molecule has 0 amide bonds. The molecule has 0 atom stereocenters. The van der Waals surface area contributed by atoms with E-state index >= 15 is 4.39 Å². The highest BCUT2D eigenvalue weighted by Gasteiger charge is 2.33. The summed E-state index contributed by atoms with van der Waals surface area (Å²) in [6.45, 7) is 3.29. The molecule has 0 aromatic heterocycles. The SMILES string of the molecule is COc1cc2c(c(F)c1OC)C(=N)N(CC(=O)c1cc(N(C)C)c(OC)c(C(C)(C)O)c1)C2. The summed E-state index contributed by atoms with van der Waals surface area (Å²) in [7, 11) is 7.89. The van der Waals surface area contributed by atoms with Crippen LogP contribution in [0.2, 0.25) is 0 Å². The standard InChI is InChI=1S/C24H30FN3O5/c1-24(2,30)15-8-13(9-16(27(3)4)21(15)32-6)17(29)12-28-11-14-10-18(31-5)22(33-7)20(25)19(14)23(28)26/h8-10,26,30H,11-12H2,1-7H3. The van der Waals surface area contributed by atoms with Crippen LogP contribution in [-0.2, 0) is 12.1 Å². The fourth-order valence-electron chi connectivity index (χ4n) is 4.00. The van der Waals surface area contributed by atoms with Crippen molar-refractivity contribution in [3.05, 3.63) is 46.3 Å². The van der Waals surface area contributed by atoms with Crippen LogP contribution in [-0.4, -0.2) is 63.6 Å². The number of halogens is 1. The number of fused-ring (bicyclic) bond motifs is 1. The molecule has 0 fully saturated rings. The number of carbonyl (C=O) groups is 1. The minimum atomic E-state index is -1.25. The molecule has 2 N–H and O–H groups in total. The van der Waals surface area contributed by atoms with Gasteiger partial charge in [0.25, 0.3) is 0 Å². The Morgan fingerprint density at radius 1 is 1.15 bits per heavy atom. The molecule has 1 aliphatic heterocycles. The number of ketones is 1. The van der Waals surface area contributed by atoms with Crippen molar-refractivity contribution in [1.29, 1.82) is 5.41 Å². The van der Waals surface area contributed by atoms with E-state index in [9.17, 15) is 9.90 Å². The van der Waals surface area contributed by atoms with Gasteiger partial charge in [-0.2, -0.15) is 0 Å². The number of hydrogen-bond donors (Lipinski definition) is 2. The number of Topliss-reactive ketones (excluding diaryl/α,β-unsaturated/α-hetero) is 1. The van der Waals surface area contributed by atoms with Gasteiger partial charge in [0.05, 0.1) is 44.7 Å². The quantitative estimate of drug-likeness (QED) is 0.586. The van der Waals surface area contributed by atoms with Crippen LogP contribution in [0, 0.1) is 11.2 Å². The zero-order valence-corrected chi connectivity index (χ0v) is 20.0. The zero-order valence-electron chi connectivity index (χ0n) is 20.0. The van der Waals surface area contributed by atoms with Crippen molar-refractivity contribution in [3.8, 4) is 17.2 Å². The third kappa shape index (κ3) is 4.32. The van der Waals surface area contributed by atoms with Crippen molar-refractivity contribution < 1.29 is 28.5 Å². The van der Waals surface area contributed by atoms with Gasteiger partial charge >= 0.3 is 0 Å². The van der Waals surface area contributed by atoms with Gasteiger partial charge in [-0.15, -0.1) is 0 Å². The van der Waals surface area contributed by atoms with Crippen molar-refractivity contribution in [2.45, 2.75) is 26.0 Å². The van der Waals surface area contributed by atoms with Crippen LogP contribution >= 0.6 is 0 Å². The van der Waals surface area contributed by atoms with Crippen LogP contribution in [0.4, 0.5) is 10.1 Å². The van der Waals surface area contributed by atoms with E-state index in [0.29, 0.717) is 28.1 Å². The Labute approximate surface area is 193 Å². The van der Waals surface area contributed by atoms with E-state index in [1.165, 1.54) is 26.2 Å². The molecule has 2 aromatic carbocycles. The molecule has 3 rings (SSSR count). The summed E-state index contributed by atoms with van der Waals surface area (Å²) in [6, 6.07) is 4.92. The molecular weight excluding hydrogens is 429 g/mol. The van der Waals surface area contributed by atoms with Gasteiger partial charge in [-0.1, -0.05) is 0 Å². The number of ether oxygens (including phenoxy) is 3. The summed E-state index contributed by atoms with van der Waals surface area (Å²) in [6.07, 6.45) is 0. The molecule has 0 spiro atoms. The highest BCUT2D eigenvalue weighted by atomic mass is 19.1. The van der Waals surface area contributed by atoms with Crippen LogP contribution in [0.3, 0.4) is 0 Å². The van der Waals surface area contributed by atoms with Crippen LogP contribution in [0.25, 0.3) is 0 Å². The number of nitrogens with one attached hydrogen (secondary N) is 1. The molecule has 0 saturated carbocycles. The van der Waals surface area contributed by atoms with Gasteiger partial charge in [0, 0.05) is 31.8 Å². The second-order valence-corrected chi connectivity index (χ2v) is 8.62. The van der Waals surface area contributed by atoms with Crippen LogP contribution in [0.15, 0.2) is 18.2 Å². The minimum absolute atomic E-state index is 0.0743. The Bertz CT molecular complexity index is 1110. The maximum absolute atomic E-state index is 15.0. The summed E-state index contributed by atoms with van der Waals surface area (Å²) in [5.41, 5.74) is 0.862. The third-order valence-electron chi connectivity index (χ3n) is 5.68. The van der Waals surface area contributed by atoms with Gasteiger partial charge in [0.1, 0.15) is 11.6 Å². The lowest BCUT2D eigenvalue weighted by Crippen LogP contribution is -2.31. The predicted octanol–water partition coefficient (Wildman–Crippen LogP) is 3.17. The first-order chi connectivity index (χ1) is 15.4.